The van der Waals surface area contributed by atoms with Crippen molar-refractivity contribution in [1.29, 1.82) is 0 Å². The van der Waals surface area contributed by atoms with E-state index in [0.29, 0.717) is 9.26 Å². The first-order valence-electron chi connectivity index (χ1n) is 3.13. The van der Waals surface area contributed by atoms with Crippen molar-refractivity contribution >= 4 is 22.6 Å². The molecule has 0 aliphatic rings. The van der Waals surface area contributed by atoms with Gasteiger partial charge in [0.25, 0.3) is 0 Å². The van der Waals surface area contributed by atoms with E-state index in [1.165, 1.54) is 6.92 Å². The molecule has 0 aliphatic carbocycles. The summed E-state index contributed by atoms with van der Waals surface area (Å²) in [6.07, 6.45) is -4.40. The molecule has 6 heteroatoms. The van der Waals surface area contributed by atoms with Gasteiger partial charge in [-0.2, -0.15) is 9.78 Å². The van der Waals surface area contributed by atoms with Crippen LogP contribution in [0.15, 0.2) is 0 Å². The molecule has 0 amide bonds. The fraction of sp³-hybridized carbons (Fsp3) is 0.500. The van der Waals surface area contributed by atoms with Crippen molar-refractivity contribution in [1.82, 2.24) is 9.78 Å². The van der Waals surface area contributed by atoms with Crippen molar-refractivity contribution in [2.75, 3.05) is 0 Å². The van der Waals surface area contributed by atoms with Crippen LogP contribution in [0.4, 0.5) is 13.2 Å². The number of alkyl halides is 3. The van der Waals surface area contributed by atoms with E-state index in [-0.39, 0.29) is 10.4 Å². The zero-order valence-electron chi connectivity index (χ0n) is 6.41. The molecule has 0 radical (unpaired) electrons. The lowest BCUT2D eigenvalue weighted by Crippen LogP contribution is -2.19. The van der Waals surface area contributed by atoms with Gasteiger partial charge in [-0.25, -0.2) is 0 Å². The number of rotatable bonds is 0. The molecule has 0 bridgehead atoms. The molecule has 0 fully saturated rings. The number of halogens is 4. The van der Waals surface area contributed by atoms with Crippen LogP contribution in [0.1, 0.15) is 11.4 Å². The summed E-state index contributed by atoms with van der Waals surface area (Å²) >= 11 is 1.85. The molecule has 0 spiro atoms. The molecule has 0 atom stereocenters. The Morgan fingerprint density at radius 2 is 1.83 bits per heavy atom. The lowest BCUT2D eigenvalue weighted by atomic mass is 10.4. The molecule has 0 saturated carbocycles. The first kappa shape index (κ1) is 9.82. The summed E-state index contributed by atoms with van der Waals surface area (Å²) in [5.41, 5.74) is 0.547. The molecule has 0 saturated heterocycles. The molecule has 12 heavy (non-hydrogen) atoms. The van der Waals surface area contributed by atoms with Crippen molar-refractivity contribution in [2.45, 2.75) is 20.1 Å². The highest BCUT2D eigenvalue weighted by Crippen LogP contribution is 2.26. The molecule has 0 aromatic carbocycles. The summed E-state index contributed by atoms with van der Waals surface area (Å²) in [5, 5.41) is 3.37. The fourth-order valence-electron chi connectivity index (χ4n) is 0.871. The minimum Gasteiger partial charge on any atom is -0.175 e. The molecule has 2 nitrogen and oxygen atoms in total. The molecule has 1 aromatic heterocycles. The Morgan fingerprint density at radius 3 is 2.00 bits per heavy atom. The van der Waals surface area contributed by atoms with E-state index < -0.39 is 6.30 Å². The van der Waals surface area contributed by atoms with E-state index in [2.05, 4.69) is 5.10 Å². The topological polar surface area (TPSA) is 17.8 Å². The predicted octanol–water partition coefficient (Wildman–Crippen LogP) is 2.58. The molecular weight excluding hydrogens is 284 g/mol. The van der Waals surface area contributed by atoms with Gasteiger partial charge in [0.05, 0.1) is 15.0 Å². The van der Waals surface area contributed by atoms with Gasteiger partial charge in [0.1, 0.15) is 0 Å². The van der Waals surface area contributed by atoms with Gasteiger partial charge in [-0.05, 0) is 36.4 Å². The zero-order valence-corrected chi connectivity index (χ0v) is 8.56. The van der Waals surface area contributed by atoms with Gasteiger partial charge >= 0.3 is 6.30 Å². The van der Waals surface area contributed by atoms with Crippen molar-refractivity contribution in [3.63, 3.8) is 0 Å². The van der Waals surface area contributed by atoms with Crippen LogP contribution in [0.25, 0.3) is 0 Å². The Morgan fingerprint density at radius 1 is 1.33 bits per heavy atom. The van der Waals surface area contributed by atoms with E-state index in [0.717, 1.165) is 0 Å². The number of nitrogens with zero attached hydrogens (tertiary/aromatic N) is 2. The van der Waals surface area contributed by atoms with Crippen LogP contribution in [0.3, 0.4) is 0 Å². The van der Waals surface area contributed by atoms with Crippen LogP contribution in [-0.2, 0) is 6.30 Å². The normalized spacial score (nSPS) is 12.2. The largest absolute Gasteiger partial charge is 0.504 e. The maximum absolute atomic E-state index is 12.1. The molecule has 0 unspecified atom stereocenters. The smallest absolute Gasteiger partial charge is 0.175 e. The standard InChI is InChI=1S/C6H6F3IN2/c1-3-5(10)4(2)12(11-3)6(7,8)9/h1-2H3. The summed E-state index contributed by atoms with van der Waals surface area (Å²) < 4.78 is 37.1. The third-order valence-electron chi connectivity index (χ3n) is 1.44. The molecule has 1 aromatic rings. The first-order valence-corrected chi connectivity index (χ1v) is 4.21. The number of aromatic nitrogens is 2. The van der Waals surface area contributed by atoms with Gasteiger partial charge in [-0.1, -0.05) is 0 Å². The molecule has 68 valence electrons. The Kier molecular flexibility index (Phi) is 2.37. The number of hydrogen-bond donors (Lipinski definition) is 0. The van der Waals surface area contributed by atoms with Crippen molar-refractivity contribution in [3.05, 3.63) is 15.0 Å². The van der Waals surface area contributed by atoms with Crippen LogP contribution < -0.4 is 0 Å². The Balaban J connectivity index is 3.28. The second-order valence-electron chi connectivity index (χ2n) is 2.36. The van der Waals surface area contributed by atoms with Gasteiger partial charge in [0.15, 0.2) is 0 Å². The summed E-state index contributed by atoms with van der Waals surface area (Å²) in [6, 6.07) is 0. The van der Waals surface area contributed by atoms with Crippen LogP contribution in [-0.4, -0.2) is 9.78 Å². The van der Waals surface area contributed by atoms with Gasteiger partial charge in [0, 0.05) is 0 Å². The maximum Gasteiger partial charge on any atom is 0.504 e. The Labute approximate surface area is 80.9 Å². The average molecular weight is 290 g/mol. The molecule has 0 N–H and O–H groups in total. The lowest BCUT2D eigenvalue weighted by Gasteiger charge is -2.07. The van der Waals surface area contributed by atoms with E-state index in [4.69, 9.17) is 0 Å². The van der Waals surface area contributed by atoms with E-state index in [9.17, 15) is 13.2 Å². The Hall–Kier alpha value is -0.270. The molecular formula is C6H6F3IN2. The highest BCUT2D eigenvalue weighted by molar-refractivity contribution is 14.1. The SMILES string of the molecule is Cc1nn(C(F)(F)F)c(C)c1I. The molecule has 1 rings (SSSR count). The summed E-state index contributed by atoms with van der Waals surface area (Å²) in [5.74, 6) is 0. The van der Waals surface area contributed by atoms with Gasteiger partial charge in [-0.3, -0.25) is 0 Å². The van der Waals surface area contributed by atoms with E-state index >= 15 is 0 Å². The molecule has 1 heterocycles. The summed E-state index contributed by atoms with van der Waals surface area (Å²) in [6.45, 7) is 2.95. The maximum atomic E-state index is 12.1. The minimum absolute atomic E-state index is 0.0874. The fourth-order valence-corrected chi connectivity index (χ4v) is 1.21. The quantitative estimate of drug-likeness (QED) is 0.671. The Bertz CT molecular complexity index is 302. The number of hydrogen-bond acceptors (Lipinski definition) is 1. The number of aryl methyl sites for hydroxylation is 1. The van der Waals surface area contributed by atoms with Crippen molar-refractivity contribution in [2.24, 2.45) is 0 Å². The monoisotopic (exact) mass is 290 g/mol. The predicted molar refractivity (Wildman–Crippen MR) is 45.7 cm³/mol. The minimum atomic E-state index is -4.40. The van der Waals surface area contributed by atoms with Crippen LogP contribution in [0.2, 0.25) is 0 Å². The van der Waals surface area contributed by atoms with Crippen LogP contribution >= 0.6 is 22.6 Å². The van der Waals surface area contributed by atoms with E-state index in [1.807, 2.05) is 22.6 Å². The third-order valence-corrected chi connectivity index (χ3v) is 3.00. The third kappa shape index (κ3) is 1.57. The average Bonchev–Trinajstić information content (AvgIpc) is 2.15. The van der Waals surface area contributed by atoms with E-state index in [1.54, 1.807) is 6.92 Å². The van der Waals surface area contributed by atoms with Gasteiger partial charge in [-0.15, -0.1) is 13.2 Å². The lowest BCUT2D eigenvalue weighted by molar-refractivity contribution is -0.213. The van der Waals surface area contributed by atoms with Crippen LogP contribution in [0.5, 0.6) is 0 Å². The van der Waals surface area contributed by atoms with Crippen molar-refractivity contribution < 1.29 is 13.2 Å². The first-order chi connectivity index (χ1) is 5.34. The molecule has 0 aliphatic heterocycles. The summed E-state index contributed by atoms with van der Waals surface area (Å²) in [4.78, 5) is 0. The second-order valence-corrected chi connectivity index (χ2v) is 3.44. The van der Waals surface area contributed by atoms with Crippen molar-refractivity contribution in [3.8, 4) is 0 Å². The zero-order chi connectivity index (χ0) is 9.52. The van der Waals surface area contributed by atoms with Crippen LogP contribution in [0, 0.1) is 17.4 Å². The van der Waals surface area contributed by atoms with Gasteiger partial charge in [0.2, 0.25) is 0 Å². The second kappa shape index (κ2) is 2.90. The highest BCUT2D eigenvalue weighted by atomic mass is 127. The van der Waals surface area contributed by atoms with Gasteiger partial charge < -0.3 is 0 Å². The highest BCUT2D eigenvalue weighted by Gasteiger charge is 2.34. The summed E-state index contributed by atoms with van der Waals surface area (Å²) in [7, 11) is 0.